The zero-order valence-electron chi connectivity index (χ0n) is 13.6. The number of hydrogen-bond donors (Lipinski definition) is 2. The molecule has 0 unspecified atom stereocenters. The minimum atomic E-state index is -0.374. The zero-order chi connectivity index (χ0) is 16.9. The smallest absolute Gasteiger partial charge is 0.279 e. The second kappa shape index (κ2) is 7.72. The van der Waals surface area contributed by atoms with Gasteiger partial charge in [-0.2, -0.15) is 0 Å². The van der Waals surface area contributed by atoms with Crippen LogP contribution in [0.5, 0.6) is 0 Å². The highest BCUT2D eigenvalue weighted by molar-refractivity contribution is 5.91. The SMILES string of the molecule is O=C(C[NH+]1CCN(C(=O)[C@H]2CCCO2)CC1)Nc1cccc(F)c1. The van der Waals surface area contributed by atoms with Crippen molar-refractivity contribution in [3.05, 3.63) is 30.1 Å². The number of rotatable bonds is 4. The summed E-state index contributed by atoms with van der Waals surface area (Å²) in [6, 6.07) is 5.86. The number of ether oxygens (including phenoxy) is 1. The maximum Gasteiger partial charge on any atom is 0.279 e. The van der Waals surface area contributed by atoms with Gasteiger partial charge in [0.25, 0.3) is 11.8 Å². The number of piperazine rings is 1. The van der Waals surface area contributed by atoms with Crippen LogP contribution in [0.4, 0.5) is 10.1 Å². The Labute approximate surface area is 140 Å². The molecule has 1 aromatic carbocycles. The second-order valence-electron chi connectivity index (χ2n) is 6.31. The summed E-state index contributed by atoms with van der Waals surface area (Å²) < 4.78 is 18.6. The number of carbonyl (C=O) groups excluding carboxylic acids is 2. The molecule has 0 spiro atoms. The van der Waals surface area contributed by atoms with Crippen molar-refractivity contribution in [2.45, 2.75) is 18.9 Å². The molecule has 0 aromatic heterocycles. The Kier molecular flexibility index (Phi) is 5.42. The normalized spacial score (nSPS) is 21.7. The molecule has 2 heterocycles. The van der Waals surface area contributed by atoms with E-state index in [1.807, 2.05) is 4.90 Å². The average molecular weight is 336 g/mol. The summed E-state index contributed by atoms with van der Waals surface area (Å²) in [5.41, 5.74) is 0.464. The first-order valence-electron chi connectivity index (χ1n) is 8.41. The molecule has 2 fully saturated rings. The van der Waals surface area contributed by atoms with Crippen LogP contribution in [0, 0.1) is 5.82 Å². The predicted molar refractivity (Wildman–Crippen MR) is 86.1 cm³/mol. The molecule has 2 N–H and O–H groups in total. The third-order valence-electron chi connectivity index (χ3n) is 4.51. The molecule has 0 radical (unpaired) electrons. The number of anilines is 1. The Morgan fingerprint density at radius 1 is 1.33 bits per heavy atom. The number of carbonyl (C=O) groups is 2. The lowest BCUT2D eigenvalue weighted by atomic mass is 10.2. The van der Waals surface area contributed by atoms with E-state index in [1.165, 1.54) is 12.1 Å². The number of amides is 2. The molecule has 3 rings (SSSR count). The number of halogens is 1. The van der Waals surface area contributed by atoms with Crippen LogP contribution in [0.2, 0.25) is 0 Å². The molecule has 2 amide bonds. The topological polar surface area (TPSA) is 63.1 Å². The average Bonchev–Trinajstić information content (AvgIpc) is 3.09. The maximum atomic E-state index is 13.1. The highest BCUT2D eigenvalue weighted by Gasteiger charge is 2.31. The van der Waals surface area contributed by atoms with Gasteiger partial charge in [0, 0.05) is 12.3 Å². The van der Waals surface area contributed by atoms with Crippen molar-refractivity contribution in [2.24, 2.45) is 0 Å². The van der Waals surface area contributed by atoms with Crippen LogP contribution in [0.25, 0.3) is 0 Å². The van der Waals surface area contributed by atoms with E-state index in [4.69, 9.17) is 4.74 Å². The van der Waals surface area contributed by atoms with Crippen molar-refractivity contribution in [3.63, 3.8) is 0 Å². The van der Waals surface area contributed by atoms with Crippen molar-refractivity contribution < 1.29 is 23.6 Å². The van der Waals surface area contributed by atoms with E-state index in [1.54, 1.807) is 12.1 Å². The number of nitrogens with zero attached hydrogens (tertiary/aromatic N) is 1. The Balaban J connectivity index is 1.43. The van der Waals surface area contributed by atoms with Crippen molar-refractivity contribution in [3.8, 4) is 0 Å². The first-order valence-corrected chi connectivity index (χ1v) is 8.41. The Hall–Kier alpha value is -1.99. The van der Waals surface area contributed by atoms with Crippen molar-refractivity contribution >= 4 is 17.5 Å². The molecule has 6 nitrogen and oxygen atoms in total. The lowest BCUT2D eigenvalue weighted by Crippen LogP contribution is -3.15. The van der Waals surface area contributed by atoms with Crippen LogP contribution >= 0.6 is 0 Å². The highest BCUT2D eigenvalue weighted by atomic mass is 19.1. The van der Waals surface area contributed by atoms with Gasteiger partial charge in [-0.25, -0.2) is 4.39 Å². The molecule has 1 atom stereocenters. The largest absolute Gasteiger partial charge is 0.368 e. The summed E-state index contributed by atoms with van der Waals surface area (Å²) in [5, 5.41) is 2.71. The fourth-order valence-electron chi connectivity index (χ4n) is 3.19. The quantitative estimate of drug-likeness (QED) is 0.792. The van der Waals surface area contributed by atoms with Crippen LogP contribution in [-0.4, -0.2) is 62.1 Å². The Morgan fingerprint density at radius 3 is 2.79 bits per heavy atom. The number of hydrogen-bond acceptors (Lipinski definition) is 3. The van der Waals surface area contributed by atoms with Gasteiger partial charge in [-0.1, -0.05) is 6.07 Å². The second-order valence-corrected chi connectivity index (χ2v) is 6.31. The van der Waals surface area contributed by atoms with Gasteiger partial charge >= 0.3 is 0 Å². The fourth-order valence-corrected chi connectivity index (χ4v) is 3.19. The third-order valence-corrected chi connectivity index (χ3v) is 4.51. The van der Waals surface area contributed by atoms with E-state index in [0.29, 0.717) is 31.9 Å². The lowest BCUT2D eigenvalue weighted by molar-refractivity contribution is -0.895. The number of nitrogens with one attached hydrogen (secondary N) is 2. The molecular formula is C17H23FN3O3+. The maximum absolute atomic E-state index is 13.1. The van der Waals surface area contributed by atoms with Gasteiger partial charge < -0.3 is 19.9 Å². The molecular weight excluding hydrogens is 313 g/mol. The molecule has 2 aliphatic rings. The van der Waals surface area contributed by atoms with E-state index in [2.05, 4.69) is 5.32 Å². The van der Waals surface area contributed by atoms with Gasteiger partial charge in [0.2, 0.25) is 0 Å². The minimum Gasteiger partial charge on any atom is -0.368 e. The number of benzene rings is 1. The molecule has 0 saturated carbocycles. The monoisotopic (exact) mass is 336 g/mol. The summed E-state index contributed by atoms with van der Waals surface area (Å²) in [5.74, 6) is -0.438. The summed E-state index contributed by atoms with van der Waals surface area (Å²) in [4.78, 5) is 27.3. The minimum absolute atomic E-state index is 0.0794. The van der Waals surface area contributed by atoms with Crippen LogP contribution in [0.1, 0.15) is 12.8 Å². The fraction of sp³-hybridized carbons (Fsp3) is 0.529. The van der Waals surface area contributed by atoms with Crippen molar-refractivity contribution in [1.82, 2.24) is 4.90 Å². The van der Waals surface area contributed by atoms with E-state index in [9.17, 15) is 14.0 Å². The molecule has 0 aliphatic carbocycles. The van der Waals surface area contributed by atoms with Gasteiger partial charge in [0.05, 0.1) is 26.2 Å². The van der Waals surface area contributed by atoms with Crippen LogP contribution in [0.3, 0.4) is 0 Å². The summed E-state index contributed by atoms with van der Waals surface area (Å²) in [6.07, 6.45) is 1.48. The van der Waals surface area contributed by atoms with Crippen molar-refractivity contribution in [1.29, 1.82) is 0 Å². The molecule has 2 aliphatic heterocycles. The zero-order valence-corrected chi connectivity index (χ0v) is 13.6. The van der Waals surface area contributed by atoms with E-state index in [0.717, 1.165) is 30.8 Å². The third kappa shape index (κ3) is 4.30. The van der Waals surface area contributed by atoms with E-state index in [-0.39, 0.29) is 23.7 Å². The van der Waals surface area contributed by atoms with Gasteiger partial charge in [0.15, 0.2) is 6.54 Å². The molecule has 7 heteroatoms. The van der Waals surface area contributed by atoms with E-state index < -0.39 is 0 Å². The highest BCUT2D eigenvalue weighted by Crippen LogP contribution is 2.14. The van der Waals surface area contributed by atoms with Crippen LogP contribution in [0.15, 0.2) is 24.3 Å². The van der Waals surface area contributed by atoms with Crippen LogP contribution < -0.4 is 10.2 Å². The van der Waals surface area contributed by atoms with Gasteiger partial charge in [-0.05, 0) is 31.0 Å². The van der Waals surface area contributed by atoms with Crippen LogP contribution in [-0.2, 0) is 14.3 Å². The summed E-state index contributed by atoms with van der Waals surface area (Å²) in [7, 11) is 0. The predicted octanol–water partition coefficient (Wildman–Crippen LogP) is -0.330. The summed E-state index contributed by atoms with van der Waals surface area (Å²) in [6.45, 7) is 3.73. The van der Waals surface area contributed by atoms with Gasteiger partial charge in [-0.15, -0.1) is 0 Å². The van der Waals surface area contributed by atoms with Gasteiger partial charge in [-0.3, -0.25) is 9.59 Å². The molecule has 0 bridgehead atoms. The Bertz CT molecular complexity index is 596. The molecule has 1 aromatic rings. The Morgan fingerprint density at radius 2 is 2.12 bits per heavy atom. The van der Waals surface area contributed by atoms with Crippen molar-refractivity contribution in [2.75, 3.05) is 44.6 Å². The molecule has 24 heavy (non-hydrogen) atoms. The number of quaternary nitrogens is 1. The van der Waals surface area contributed by atoms with E-state index >= 15 is 0 Å². The molecule has 130 valence electrons. The first kappa shape index (κ1) is 16.9. The summed E-state index contributed by atoms with van der Waals surface area (Å²) >= 11 is 0. The first-order chi connectivity index (χ1) is 11.6. The standard InChI is InChI=1S/C17H22FN3O3/c18-13-3-1-4-14(11-13)19-16(22)12-20-6-8-21(9-7-20)17(23)15-5-2-10-24-15/h1,3-4,11,15H,2,5-10,12H2,(H,19,22)/p+1/t15-/m1/s1. The lowest BCUT2D eigenvalue weighted by Gasteiger charge is -2.33. The molecule has 2 saturated heterocycles. The van der Waals surface area contributed by atoms with Gasteiger partial charge in [0.1, 0.15) is 11.9 Å².